The first-order chi connectivity index (χ1) is 18.8. The lowest BCUT2D eigenvalue weighted by atomic mass is 9.79. The lowest BCUT2D eigenvalue weighted by Crippen LogP contribution is -2.52. The molecule has 3 rings (SSSR count). The van der Waals surface area contributed by atoms with E-state index in [1.807, 2.05) is 26.0 Å². The molecule has 4 atom stereocenters. The molecule has 2 aliphatic heterocycles. The number of alkyl carbamates (subject to hydrolysis) is 1. The maximum Gasteiger partial charge on any atom is 0.408 e. The summed E-state index contributed by atoms with van der Waals surface area (Å²) < 4.78 is 35.7. The van der Waals surface area contributed by atoms with Crippen molar-refractivity contribution in [3.05, 3.63) is 23.3 Å². The zero-order valence-corrected chi connectivity index (χ0v) is 25.6. The summed E-state index contributed by atoms with van der Waals surface area (Å²) in [7, 11) is 1.61. The van der Waals surface area contributed by atoms with Gasteiger partial charge >= 0.3 is 12.1 Å². The van der Waals surface area contributed by atoms with Crippen molar-refractivity contribution in [2.45, 2.75) is 97.9 Å². The Morgan fingerprint density at radius 1 is 1.15 bits per heavy atom. The average molecular weight is 565 g/mol. The second-order valence-corrected chi connectivity index (χ2v) is 12.8. The van der Waals surface area contributed by atoms with E-state index in [0.29, 0.717) is 36.9 Å². The first-order valence-electron chi connectivity index (χ1n) is 14.7. The van der Waals surface area contributed by atoms with Gasteiger partial charge in [0.25, 0.3) is 0 Å². The van der Waals surface area contributed by atoms with Gasteiger partial charge in [0.2, 0.25) is 0 Å². The summed E-state index contributed by atoms with van der Waals surface area (Å²) in [6.45, 7) is 15.1. The van der Waals surface area contributed by atoms with E-state index in [2.05, 4.69) is 24.1 Å². The zero-order valence-electron chi connectivity index (χ0n) is 25.6. The third-order valence-electron chi connectivity index (χ3n) is 7.51. The fraction of sp³-hybridized carbons (Fsp3) is 0.742. The molecule has 8 nitrogen and oxygen atoms in total. The van der Waals surface area contributed by atoms with Crippen molar-refractivity contribution in [1.82, 2.24) is 10.2 Å². The Kier molecular flexibility index (Phi) is 11.1. The number of hydrogen-bond acceptors (Lipinski definition) is 7. The van der Waals surface area contributed by atoms with Crippen LogP contribution in [0, 0.1) is 17.8 Å². The second kappa shape index (κ2) is 13.9. The van der Waals surface area contributed by atoms with Crippen LogP contribution < -0.4 is 14.8 Å². The van der Waals surface area contributed by atoms with Crippen molar-refractivity contribution in [3.8, 4) is 11.5 Å². The molecule has 1 amide bonds. The largest absolute Gasteiger partial charge is 0.493 e. The van der Waals surface area contributed by atoms with Crippen molar-refractivity contribution in [2.75, 3.05) is 33.5 Å². The van der Waals surface area contributed by atoms with Gasteiger partial charge < -0.3 is 24.3 Å². The summed E-state index contributed by atoms with van der Waals surface area (Å²) in [6.07, 6.45) is 1.87. The van der Waals surface area contributed by atoms with Gasteiger partial charge in [-0.1, -0.05) is 27.7 Å². The van der Waals surface area contributed by atoms with E-state index >= 15 is 0 Å². The number of carbonyl (C=O) groups excluding carboxylic acids is 2. The highest BCUT2D eigenvalue weighted by Crippen LogP contribution is 2.44. The van der Waals surface area contributed by atoms with Crippen molar-refractivity contribution in [2.24, 2.45) is 17.8 Å². The van der Waals surface area contributed by atoms with E-state index in [4.69, 9.17) is 18.9 Å². The Balaban J connectivity index is 1.83. The number of amides is 1. The van der Waals surface area contributed by atoms with Crippen LogP contribution in [0.15, 0.2) is 12.1 Å². The molecule has 0 radical (unpaired) electrons. The lowest BCUT2D eigenvalue weighted by Gasteiger charge is -2.47. The van der Waals surface area contributed by atoms with Gasteiger partial charge in [0.1, 0.15) is 17.7 Å². The molecule has 9 heteroatoms. The molecule has 1 aromatic carbocycles. The van der Waals surface area contributed by atoms with Crippen molar-refractivity contribution in [1.29, 1.82) is 0 Å². The number of methoxy groups -OCH3 is 1. The minimum Gasteiger partial charge on any atom is -0.493 e. The highest BCUT2D eigenvalue weighted by Gasteiger charge is 2.42. The van der Waals surface area contributed by atoms with Crippen LogP contribution in [-0.4, -0.2) is 68.2 Å². The third-order valence-corrected chi connectivity index (χ3v) is 7.51. The molecule has 0 aromatic heterocycles. The zero-order chi connectivity index (χ0) is 29.6. The topological polar surface area (TPSA) is 86.3 Å². The highest BCUT2D eigenvalue weighted by atomic mass is 19.1. The van der Waals surface area contributed by atoms with E-state index in [-0.39, 0.29) is 24.0 Å². The summed E-state index contributed by atoms with van der Waals surface area (Å²) in [4.78, 5) is 28.5. The SMILES string of the molecule is COc1cc2c(cc1OCCCF)CCN1CC(CC(C)C)C(OC(=O)C(NC(=O)OC(C)(C)C)C(C)C)CC21. The Labute approximate surface area is 239 Å². The summed E-state index contributed by atoms with van der Waals surface area (Å²) in [6, 6.07) is 3.30. The fourth-order valence-electron chi connectivity index (χ4n) is 5.73. The van der Waals surface area contributed by atoms with Gasteiger partial charge in [-0.15, -0.1) is 0 Å². The molecule has 226 valence electrons. The Morgan fingerprint density at radius 3 is 2.48 bits per heavy atom. The van der Waals surface area contributed by atoms with E-state index in [1.165, 1.54) is 5.56 Å². The molecule has 4 unspecified atom stereocenters. The quantitative estimate of drug-likeness (QED) is 0.266. The molecule has 0 bridgehead atoms. The summed E-state index contributed by atoms with van der Waals surface area (Å²) >= 11 is 0. The second-order valence-electron chi connectivity index (χ2n) is 12.8. The number of rotatable bonds is 11. The molecule has 1 N–H and O–H groups in total. The molecule has 1 fully saturated rings. The Morgan fingerprint density at radius 2 is 1.88 bits per heavy atom. The first kappa shape index (κ1) is 32.0. The number of piperidine rings is 1. The van der Waals surface area contributed by atoms with Crippen LogP contribution in [0.1, 0.15) is 84.9 Å². The molecule has 2 heterocycles. The number of nitrogens with zero attached hydrogens (tertiary/aromatic N) is 1. The summed E-state index contributed by atoms with van der Waals surface area (Å²) in [5.74, 6) is 1.29. The average Bonchev–Trinajstić information content (AvgIpc) is 2.85. The lowest BCUT2D eigenvalue weighted by molar-refractivity contribution is -0.161. The number of alkyl halides is 1. The van der Waals surface area contributed by atoms with Gasteiger partial charge in [-0.05, 0) is 68.7 Å². The molecule has 2 aliphatic rings. The molecular formula is C31H49FN2O6. The van der Waals surface area contributed by atoms with E-state index < -0.39 is 30.4 Å². The smallest absolute Gasteiger partial charge is 0.408 e. The van der Waals surface area contributed by atoms with Crippen LogP contribution in [-0.2, 0) is 20.7 Å². The highest BCUT2D eigenvalue weighted by molar-refractivity contribution is 5.81. The summed E-state index contributed by atoms with van der Waals surface area (Å²) in [5.41, 5.74) is 1.66. The van der Waals surface area contributed by atoms with E-state index in [9.17, 15) is 14.0 Å². The molecule has 1 saturated heterocycles. The number of carbonyl (C=O) groups is 2. The number of nitrogens with one attached hydrogen (secondary N) is 1. The van der Waals surface area contributed by atoms with E-state index in [0.717, 1.165) is 31.5 Å². The van der Waals surface area contributed by atoms with Crippen molar-refractivity contribution in [3.63, 3.8) is 0 Å². The van der Waals surface area contributed by atoms with Gasteiger partial charge in [0.05, 0.1) is 20.4 Å². The standard InChI is InChI=1S/C31H49FN2O6/c1-19(2)14-22-18-34-12-10-21-15-27(38-13-9-11-32)26(37-8)16-23(21)24(34)17-25(22)39-29(35)28(20(3)4)33-30(36)40-31(5,6)7/h15-16,19-20,22,24-25,28H,9-14,17-18H2,1-8H3,(H,33,36). The predicted molar refractivity (Wildman–Crippen MR) is 153 cm³/mol. The van der Waals surface area contributed by atoms with Crippen LogP contribution in [0.3, 0.4) is 0 Å². The number of benzene rings is 1. The maximum absolute atomic E-state index is 13.5. The molecule has 0 aliphatic carbocycles. The van der Waals surface area contributed by atoms with Gasteiger partial charge in [-0.25, -0.2) is 9.59 Å². The number of ether oxygens (including phenoxy) is 4. The number of esters is 1. The minimum absolute atomic E-state index is 0.0649. The molecule has 1 aromatic rings. The van der Waals surface area contributed by atoms with Gasteiger partial charge in [-0.2, -0.15) is 0 Å². The molecule has 40 heavy (non-hydrogen) atoms. The monoisotopic (exact) mass is 564 g/mol. The van der Waals surface area contributed by atoms with Crippen molar-refractivity contribution >= 4 is 12.1 Å². The summed E-state index contributed by atoms with van der Waals surface area (Å²) in [5, 5.41) is 2.73. The molecule has 0 saturated carbocycles. The first-order valence-corrected chi connectivity index (χ1v) is 14.7. The van der Waals surface area contributed by atoms with Crippen LogP contribution >= 0.6 is 0 Å². The van der Waals surface area contributed by atoms with Crippen molar-refractivity contribution < 1.29 is 32.9 Å². The van der Waals surface area contributed by atoms with Gasteiger partial charge in [-0.3, -0.25) is 9.29 Å². The van der Waals surface area contributed by atoms with Gasteiger partial charge in [0.15, 0.2) is 11.5 Å². The number of fused-ring (bicyclic) bond motifs is 3. The Bertz CT molecular complexity index is 1010. The number of hydrogen-bond donors (Lipinski definition) is 1. The van der Waals surface area contributed by atoms with Crippen LogP contribution in [0.25, 0.3) is 0 Å². The van der Waals surface area contributed by atoms with E-state index in [1.54, 1.807) is 27.9 Å². The van der Waals surface area contributed by atoms with Crippen LogP contribution in [0.2, 0.25) is 0 Å². The third kappa shape index (κ3) is 8.48. The predicted octanol–water partition coefficient (Wildman–Crippen LogP) is 5.86. The number of halogens is 1. The van der Waals surface area contributed by atoms with Crippen LogP contribution in [0.5, 0.6) is 11.5 Å². The van der Waals surface area contributed by atoms with Crippen LogP contribution in [0.4, 0.5) is 9.18 Å². The normalized spacial score (nSPS) is 21.8. The maximum atomic E-state index is 13.5. The minimum atomic E-state index is -0.810. The van der Waals surface area contributed by atoms with Gasteiger partial charge in [0, 0.05) is 37.9 Å². The Hall–Kier alpha value is -2.55. The molecule has 0 spiro atoms. The fourth-order valence-corrected chi connectivity index (χ4v) is 5.73. The molecular weight excluding hydrogens is 515 g/mol.